The Morgan fingerprint density at radius 3 is 2.79 bits per heavy atom. The van der Waals surface area contributed by atoms with E-state index in [-0.39, 0.29) is 6.04 Å². The van der Waals surface area contributed by atoms with Crippen molar-refractivity contribution < 1.29 is 0 Å². The van der Waals surface area contributed by atoms with Crippen LogP contribution in [0, 0.1) is 12.8 Å². The van der Waals surface area contributed by atoms with E-state index in [1.165, 1.54) is 36.8 Å². The van der Waals surface area contributed by atoms with Crippen molar-refractivity contribution in [2.75, 3.05) is 0 Å². The van der Waals surface area contributed by atoms with E-state index in [0.717, 1.165) is 0 Å². The lowest BCUT2D eigenvalue weighted by molar-refractivity contribution is 0.442. The predicted octanol–water partition coefficient (Wildman–Crippen LogP) is 2.58. The van der Waals surface area contributed by atoms with Crippen LogP contribution in [0.25, 0.3) is 0 Å². The third-order valence-corrected chi connectivity index (χ3v) is 3.35. The minimum Gasteiger partial charge on any atom is -0.324 e. The van der Waals surface area contributed by atoms with Crippen LogP contribution in [0.1, 0.15) is 42.9 Å². The Morgan fingerprint density at radius 1 is 1.43 bits per heavy atom. The minimum absolute atomic E-state index is 0.200. The second kappa shape index (κ2) is 4.09. The van der Waals surface area contributed by atoms with E-state index in [1.54, 1.807) is 0 Å². The van der Waals surface area contributed by atoms with Crippen LogP contribution in [0.5, 0.6) is 0 Å². The monoisotopic (exact) mass is 190 g/mol. The van der Waals surface area contributed by atoms with Gasteiger partial charge in [0.25, 0.3) is 0 Å². The molecule has 0 saturated heterocycles. The molecule has 0 spiro atoms. The van der Waals surface area contributed by atoms with Crippen molar-refractivity contribution in [3.63, 3.8) is 0 Å². The van der Waals surface area contributed by atoms with Crippen LogP contribution in [0.15, 0.2) is 18.5 Å². The van der Waals surface area contributed by atoms with Crippen LogP contribution in [-0.4, -0.2) is 4.98 Å². The van der Waals surface area contributed by atoms with E-state index in [1.807, 2.05) is 18.5 Å². The van der Waals surface area contributed by atoms with Crippen LogP contribution in [-0.2, 0) is 0 Å². The zero-order chi connectivity index (χ0) is 9.97. The van der Waals surface area contributed by atoms with Crippen LogP contribution < -0.4 is 5.73 Å². The van der Waals surface area contributed by atoms with Gasteiger partial charge in [0.15, 0.2) is 0 Å². The maximum Gasteiger partial charge on any atom is 0.0341 e. The highest BCUT2D eigenvalue weighted by molar-refractivity contribution is 5.25. The zero-order valence-corrected chi connectivity index (χ0v) is 8.74. The molecule has 1 heterocycles. The van der Waals surface area contributed by atoms with Crippen molar-refractivity contribution in [1.29, 1.82) is 0 Å². The second-order valence-corrected chi connectivity index (χ2v) is 4.30. The SMILES string of the molecule is Cc1ccncc1C(N)C1CCCC1. The molecule has 2 rings (SSSR count). The Kier molecular flexibility index (Phi) is 2.82. The minimum atomic E-state index is 0.200. The van der Waals surface area contributed by atoms with E-state index >= 15 is 0 Å². The summed E-state index contributed by atoms with van der Waals surface area (Å²) in [5.41, 5.74) is 8.77. The molecule has 0 radical (unpaired) electrons. The van der Waals surface area contributed by atoms with Crippen molar-refractivity contribution in [3.05, 3.63) is 29.6 Å². The van der Waals surface area contributed by atoms with Gasteiger partial charge in [-0.1, -0.05) is 12.8 Å². The van der Waals surface area contributed by atoms with Gasteiger partial charge in [0.05, 0.1) is 0 Å². The maximum absolute atomic E-state index is 6.26. The fourth-order valence-electron chi connectivity index (χ4n) is 2.40. The van der Waals surface area contributed by atoms with Crippen LogP contribution in [0.2, 0.25) is 0 Å². The number of aromatic nitrogens is 1. The summed E-state index contributed by atoms with van der Waals surface area (Å²) in [5, 5.41) is 0. The quantitative estimate of drug-likeness (QED) is 0.778. The van der Waals surface area contributed by atoms with Crippen molar-refractivity contribution in [1.82, 2.24) is 4.98 Å². The Bertz CT molecular complexity index is 303. The van der Waals surface area contributed by atoms with E-state index < -0.39 is 0 Å². The van der Waals surface area contributed by atoms with Gasteiger partial charge in [-0.15, -0.1) is 0 Å². The summed E-state index contributed by atoms with van der Waals surface area (Å²) in [7, 11) is 0. The molecule has 1 atom stereocenters. The highest BCUT2D eigenvalue weighted by Crippen LogP contribution is 2.34. The fourth-order valence-corrected chi connectivity index (χ4v) is 2.40. The molecule has 0 aromatic carbocycles. The van der Waals surface area contributed by atoms with Crippen molar-refractivity contribution in [2.45, 2.75) is 38.6 Å². The van der Waals surface area contributed by atoms with Crippen LogP contribution >= 0.6 is 0 Å². The van der Waals surface area contributed by atoms with Crippen molar-refractivity contribution in [2.24, 2.45) is 11.7 Å². The largest absolute Gasteiger partial charge is 0.324 e. The van der Waals surface area contributed by atoms with Gasteiger partial charge in [-0.25, -0.2) is 0 Å². The Morgan fingerprint density at radius 2 is 2.14 bits per heavy atom. The molecule has 2 N–H and O–H groups in total. The summed E-state index contributed by atoms with van der Waals surface area (Å²) in [6.45, 7) is 2.12. The summed E-state index contributed by atoms with van der Waals surface area (Å²) in [6, 6.07) is 2.25. The molecule has 0 amide bonds. The molecule has 2 nitrogen and oxygen atoms in total. The number of pyridine rings is 1. The predicted molar refractivity (Wildman–Crippen MR) is 57.9 cm³/mol. The average Bonchev–Trinajstić information content (AvgIpc) is 2.70. The highest BCUT2D eigenvalue weighted by atomic mass is 14.7. The molecule has 1 aromatic heterocycles. The smallest absolute Gasteiger partial charge is 0.0341 e. The molecular formula is C12H18N2. The fraction of sp³-hybridized carbons (Fsp3) is 0.583. The Hall–Kier alpha value is -0.890. The molecule has 1 unspecified atom stereocenters. The maximum atomic E-state index is 6.26. The zero-order valence-electron chi connectivity index (χ0n) is 8.74. The first-order valence-electron chi connectivity index (χ1n) is 5.45. The molecule has 0 bridgehead atoms. The van der Waals surface area contributed by atoms with Gasteiger partial charge in [0, 0.05) is 18.4 Å². The first kappa shape index (κ1) is 9.66. The molecule has 1 aliphatic rings. The summed E-state index contributed by atoms with van der Waals surface area (Å²) >= 11 is 0. The number of hydrogen-bond acceptors (Lipinski definition) is 2. The molecule has 1 saturated carbocycles. The third kappa shape index (κ3) is 1.80. The van der Waals surface area contributed by atoms with E-state index in [4.69, 9.17) is 5.73 Å². The van der Waals surface area contributed by atoms with Gasteiger partial charge in [0.1, 0.15) is 0 Å². The summed E-state index contributed by atoms with van der Waals surface area (Å²) in [5.74, 6) is 0.679. The van der Waals surface area contributed by atoms with E-state index in [9.17, 15) is 0 Å². The molecular weight excluding hydrogens is 172 g/mol. The lowest BCUT2D eigenvalue weighted by Gasteiger charge is -2.20. The second-order valence-electron chi connectivity index (χ2n) is 4.30. The van der Waals surface area contributed by atoms with Crippen LogP contribution in [0.4, 0.5) is 0 Å². The number of nitrogens with zero attached hydrogens (tertiary/aromatic N) is 1. The molecule has 0 aliphatic heterocycles. The standard InChI is InChI=1S/C12H18N2/c1-9-6-7-14-8-11(9)12(13)10-4-2-3-5-10/h6-8,10,12H,2-5,13H2,1H3. The molecule has 1 fully saturated rings. The van der Waals surface area contributed by atoms with E-state index in [0.29, 0.717) is 5.92 Å². The van der Waals surface area contributed by atoms with Crippen molar-refractivity contribution in [3.8, 4) is 0 Å². The normalized spacial score (nSPS) is 19.9. The molecule has 76 valence electrons. The van der Waals surface area contributed by atoms with Crippen molar-refractivity contribution >= 4 is 0 Å². The van der Waals surface area contributed by atoms with Gasteiger partial charge < -0.3 is 5.73 Å². The van der Waals surface area contributed by atoms with Gasteiger partial charge in [-0.05, 0) is 42.9 Å². The highest BCUT2D eigenvalue weighted by Gasteiger charge is 2.24. The number of hydrogen-bond donors (Lipinski definition) is 1. The average molecular weight is 190 g/mol. The lowest BCUT2D eigenvalue weighted by atomic mass is 9.91. The van der Waals surface area contributed by atoms with Crippen LogP contribution in [0.3, 0.4) is 0 Å². The summed E-state index contributed by atoms with van der Waals surface area (Å²) < 4.78 is 0. The Labute approximate surface area is 85.5 Å². The summed E-state index contributed by atoms with van der Waals surface area (Å²) in [6.07, 6.45) is 9.03. The molecule has 2 heteroatoms. The molecule has 14 heavy (non-hydrogen) atoms. The number of rotatable bonds is 2. The number of nitrogens with two attached hydrogens (primary N) is 1. The first-order valence-corrected chi connectivity index (χ1v) is 5.45. The molecule has 1 aromatic rings. The first-order chi connectivity index (χ1) is 6.79. The van der Waals surface area contributed by atoms with Gasteiger partial charge in [-0.2, -0.15) is 0 Å². The lowest BCUT2D eigenvalue weighted by Crippen LogP contribution is -2.20. The van der Waals surface area contributed by atoms with Gasteiger partial charge in [-0.3, -0.25) is 4.98 Å². The molecule has 1 aliphatic carbocycles. The van der Waals surface area contributed by atoms with Gasteiger partial charge in [0.2, 0.25) is 0 Å². The summed E-state index contributed by atoms with van der Waals surface area (Å²) in [4.78, 5) is 4.16. The topological polar surface area (TPSA) is 38.9 Å². The van der Waals surface area contributed by atoms with Gasteiger partial charge >= 0.3 is 0 Å². The Balaban J connectivity index is 2.17. The van der Waals surface area contributed by atoms with E-state index in [2.05, 4.69) is 11.9 Å². The third-order valence-electron chi connectivity index (χ3n) is 3.35. The number of aryl methyl sites for hydroxylation is 1.